The molecular formula is C31H33F3N2O4. The third kappa shape index (κ3) is 3.66. The van der Waals surface area contributed by atoms with Crippen LogP contribution in [0.15, 0.2) is 55.1 Å². The number of aromatic hydroxyl groups is 1. The van der Waals surface area contributed by atoms with E-state index in [-0.39, 0.29) is 29.2 Å². The monoisotopic (exact) mass is 554 g/mol. The predicted octanol–water partition coefficient (Wildman–Crippen LogP) is 4.54. The minimum atomic E-state index is -4.48. The zero-order valence-corrected chi connectivity index (χ0v) is 22.5. The molecule has 6 nitrogen and oxygen atoms in total. The molecule has 2 aliphatic heterocycles. The fourth-order valence-corrected chi connectivity index (χ4v) is 8.10. The van der Waals surface area contributed by atoms with Gasteiger partial charge in [0.05, 0.1) is 22.6 Å². The number of aliphatic hydroxyl groups is 1. The Morgan fingerprint density at radius 2 is 2.08 bits per heavy atom. The smallest absolute Gasteiger partial charge is 0.416 e. The average molecular weight is 555 g/mol. The first kappa shape index (κ1) is 26.9. The van der Waals surface area contributed by atoms with E-state index in [9.17, 15) is 28.2 Å². The van der Waals surface area contributed by atoms with E-state index in [0.29, 0.717) is 38.1 Å². The fraction of sp³-hybridized carbons (Fsp3) is 0.452. The Labute approximate surface area is 231 Å². The van der Waals surface area contributed by atoms with Crippen LogP contribution >= 0.6 is 0 Å². The van der Waals surface area contributed by atoms with Crippen molar-refractivity contribution in [3.63, 3.8) is 0 Å². The van der Waals surface area contributed by atoms with Gasteiger partial charge in [0.25, 0.3) is 0 Å². The van der Waals surface area contributed by atoms with Crippen LogP contribution in [0.3, 0.4) is 0 Å². The third-order valence-electron chi connectivity index (χ3n) is 9.69. The maximum Gasteiger partial charge on any atom is 0.416 e. The molecular weight excluding hydrogens is 521 g/mol. The molecule has 1 saturated heterocycles. The van der Waals surface area contributed by atoms with Gasteiger partial charge in [0.2, 0.25) is 5.91 Å². The number of piperidine rings is 1. The molecule has 2 aromatic carbocycles. The van der Waals surface area contributed by atoms with Crippen LogP contribution < -0.4 is 4.74 Å². The number of alkyl halides is 3. The van der Waals surface area contributed by atoms with Crippen LogP contribution in [0.2, 0.25) is 0 Å². The molecule has 6 atom stereocenters. The van der Waals surface area contributed by atoms with Crippen LogP contribution in [0, 0.1) is 5.92 Å². The topological polar surface area (TPSA) is 73.2 Å². The van der Waals surface area contributed by atoms with Crippen molar-refractivity contribution < 1.29 is 32.9 Å². The maximum absolute atomic E-state index is 13.5. The van der Waals surface area contributed by atoms with Gasteiger partial charge in [-0.15, -0.1) is 6.58 Å². The lowest BCUT2D eigenvalue weighted by molar-refractivity contribution is -0.210. The molecule has 0 aromatic heterocycles. The Morgan fingerprint density at radius 1 is 1.30 bits per heavy atom. The summed E-state index contributed by atoms with van der Waals surface area (Å²) in [5, 5.41) is 23.4. The number of carbonyl (C=O) groups is 1. The molecule has 2 aromatic rings. The Morgan fingerprint density at radius 3 is 2.80 bits per heavy atom. The van der Waals surface area contributed by atoms with Crippen molar-refractivity contribution in [3.8, 4) is 11.5 Å². The van der Waals surface area contributed by atoms with Crippen LogP contribution in [0.1, 0.15) is 42.0 Å². The van der Waals surface area contributed by atoms with E-state index in [2.05, 4.69) is 11.5 Å². The Bertz CT molecular complexity index is 1410. The SMILES string of the molecule is C=CCN1CC[C@]23c4c5ccc(O)c4O[C@H]2[C@H](N(C)C(=O)C=Cc2cccc(C(F)(F)F)c2)[C@@H](C)C[C@@]3(O)[C@H]1C5. The number of benzene rings is 2. The first-order valence-corrected chi connectivity index (χ1v) is 13.6. The number of hydrogen-bond acceptors (Lipinski definition) is 5. The number of nitrogens with zero attached hydrogens (tertiary/aromatic N) is 2. The number of carbonyl (C=O) groups excluding carboxylic acids is 1. The van der Waals surface area contributed by atoms with E-state index in [1.807, 2.05) is 19.1 Å². The minimum Gasteiger partial charge on any atom is -0.504 e. The number of likely N-dealkylation sites (N-methyl/N-ethyl adjacent to an activating group) is 1. The van der Waals surface area contributed by atoms with Gasteiger partial charge in [-0.1, -0.05) is 31.2 Å². The first-order valence-electron chi connectivity index (χ1n) is 13.6. The van der Waals surface area contributed by atoms with Gasteiger partial charge in [-0.2, -0.15) is 13.2 Å². The number of ether oxygens (including phenoxy) is 1. The van der Waals surface area contributed by atoms with Gasteiger partial charge in [-0.25, -0.2) is 0 Å². The normalized spacial score (nSPS) is 32.5. The van der Waals surface area contributed by atoms with E-state index in [1.165, 1.54) is 24.3 Å². The van der Waals surface area contributed by atoms with Crippen LogP contribution in [0.25, 0.3) is 6.08 Å². The summed E-state index contributed by atoms with van der Waals surface area (Å²) in [6.45, 7) is 7.25. The highest BCUT2D eigenvalue weighted by atomic mass is 19.4. The Balaban J connectivity index is 1.37. The molecule has 0 radical (unpaired) electrons. The zero-order valence-electron chi connectivity index (χ0n) is 22.5. The fourth-order valence-electron chi connectivity index (χ4n) is 8.10. The number of phenolic OH excluding ortho intramolecular Hbond substituents is 1. The number of rotatable bonds is 5. The molecule has 2 bridgehead atoms. The summed E-state index contributed by atoms with van der Waals surface area (Å²) in [7, 11) is 1.67. The van der Waals surface area contributed by atoms with Crippen LogP contribution in [-0.2, 0) is 22.8 Å². The minimum absolute atomic E-state index is 0.0154. The lowest BCUT2D eigenvalue weighted by atomic mass is 9.46. The molecule has 2 N–H and O–H groups in total. The van der Waals surface area contributed by atoms with Crippen molar-refractivity contribution in [2.45, 2.75) is 61.6 Å². The molecule has 4 aliphatic rings. The second kappa shape index (κ2) is 9.11. The van der Waals surface area contributed by atoms with E-state index in [4.69, 9.17) is 4.74 Å². The highest BCUT2D eigenvalue weighted by molar-refractivity contribution is 5.92. The van der Waals surface area contributed by atoms with Crippen molar-refractivity contribution >= 4 is 12.0 Å². The third-order valence-corrected chi connectivity index (χ3v) is 9.69. The first-order chi connectivity index (χ1) is 18.9. The highest BCUT2D eigenvalue weighted by Gasteiger charge is 2.74. The Hall–Kier alpha value is -3.30. The van der Waals surface area contributed by atoms with Crippen LogP contribution in [0.4, 0.5) is 13.2 Å². The second-order valence-corrected chi connectivity index (χ2v) is 11.7. The van der Waals surface area contributed by atoms with Crippen molar-refractivity contribution in [3.05, 3.63) is 77.4 Å². The van der Waals surface area contributed by atoms with Gasteiger partial charge in [-0.05, 0) is 67.1 Å². The van der Waals surface area contributed by atoms with Crippen molar-refractivity contribution in [1.29, 1.82) is 0 Å². The second-order valence-electron chi connectivity index (χ2n) is 11.7. The molecule has 6 rings (SSSR count). The van der Waals surface area contributed by atoms with Crippen LogP contribution in [-0.4, -0.2) is 69.8 Å². The lowest BCUT2D eigenvalue weighted by Gasteiger charge is -2.65. The number of hydrogen-bond donors (Lipinski definition) is 2. The predicted molar refractivity (Wildman–Crippen MR) is 144 cm³/mol. The van der Waals surface area contributed by atoms with Crippen molar-refractivity contribution in [1.82, 2.24) is 9.80 Å². The summed E-state index contributed by atoms with van der Waals surface area (Å²) in [5.41, 5.74) is -0.578. The molecule has 1 saturated carbocycles. The molecule has 1 spiro atoms. The lowest BCUT2D eigenvalue weighted by Crippen LogP contribution is -2.79. The summed E-state index contributed by atoms with van der Waals surface area (Å²) in [5.74, 6) is -0.141. The summed E-state index contributed by atoms with van der Waals surface area (Å²) in [6.07, 6.45) is 1.07. The van der Waals surface area contributed by atoms with Gasteiger partial charge in [0.1, 0.15) is 6.10 Å². The van der Waals surface area contributed by atoms with E-state index in [1.54, 1.807) is 18.0 Å². The number of halogens is 3. The van der Waals surface area contributed by atoms with E-state index >= 15 is 0 Å². The van der Waals surface area contributed by atoms with Gasteiger partial charge < -0.3 is 19.8 Å². The standard InChI is InChI=1S/C31H33F3N2O4/c1-4-13-36-14-12-29-25-20-9-10-22(37)27(25)40-28(29)26(18(2)17-30(29,39)23(36)16-20)35(3)24(38)11-8-19-6-5-7-21(15-19)31(32,33)34/h4-11,15,18,23,26,28,37,39H,1,12-14,16-17H2,2-3H3/t18-,23+,26+,28-,29-,30+/m0/s1. The average Bonchev–Trinajstić information content (AvgIpc) is 3.24. The Kier molecular flexibility index (Phi) is 6.12. The van der Waals surface area contributed by atoms with E-state index in [0.717, 1.165) is 23.3 Å². The molecule has 2 fully saturated rings. The zero-order chi connectivity index (χ0) is 28.6. The van der Waals surface area contributed by atoms with E-state index < -0.39 is 34.9 Å². The maximum atomic E-state index is 13.5. The van der Waals surface area contributed by atoms with Gasteiger partial charge in [-0.3, -0.25) is 9.69 Å². The number of likely N-dealkylation sites (tertiary alicyclic amines) is 1. The van der Waals surface area contributed by atoms with Gasteiger partial charge in [0.15, 0.2) is 11.5 Å². The van der Waals surface area contributed by atoms with Crippen molar-refractivity contribution in [2.24, 2.45) is 5.92 Å². The molecule has 9 heteroatoms. The number of amides is 1. The summed E-state index contributed by atoms with van der Waals surface area (Å²) in [4.78, 5) is 17.3. The highest BCUT2D eigenvalue weighted by Crippen LogP contribution is 2.66. The van der Waals surface area contributed by atoms with Crippen LogP contribution in [0.5, 0.6) is 11.5 Å². The largest absolute Gasteiger partial charge is 0.504 e. The summed E-state index contributed by atoms with van der Waals surface area (Å²) >= 11 is 0. The summed E-state index contributed by atoms with van der Waals surface area (Å²) < 4.78 is 46.0. The molecule has 2 aliphatic carbocycles. The number of phenols is 1. The molecule has 2 heterocycles. The molecule has 1 amide bonds. The van der Waals surface area contributed by atoms with Gasteiger partial charge in [0, 0.05) is 31.3 Å². The summed E-state index contributed by atoms with van der Waals surface area (Å²) in [6, 6.07) is 7.75. The molecule has 212 valence electrons. The van der Waals surface area contributed by atoms with Crippen molar-refractivity contribution in [2.75, 3.05) is 20.1 Å². The van der Waals surface area contributed by atoms with Gasteiger partial charge >= 0.3 is 6.18 Å². The molecule has 40 heavy (non-hydrogen) atoms. The molecule has 0 unspecified atom stereocenters. The quantitative estimate of drug-likeness (QED) is 0.420.